The Balaban J connectivity index is 1.65. The zero-order valence-electron chi connectivity index (χ0n) is 13.2. The van der Waals surface area contributed by atoms with Crippen LogP contribution in [0.2, 0.25) is 0 Å². The summed E-state index contributed by atoms with van der Waals surface area (Å²) in [5, 5.41) is 6.89. The molecule has 0 saturated carbocycles. The highest BCUT2D eigenvalue weighted by Crippen LogP contribution is 2.35. The van der Waals surface area contributed by atoms with Crippen LogP contribution in [0.4, 0.5) is 0 Å². The van der Waals surface area contributed by atoms with Crippen molar-refractivity contribution in [2.75, 3.05) is 0 Å². The summed E-state index contributed by atoms with van der Waals surface area (Å²) in [5.41, 5.74) is 4.19. The molecule has 0 atom stereocenters. The summed E-state index contributed by atoms with van der Waals surface area (Å²) < 4.78 is 5.04. The summed E-state index contributed by atoms with van der Waals surface area (Å²) in [6.07, 6.45) is 7.65. The lowest BCUT2D eigenvalue weighted by molar-refractivity contribution is 0.961. The maximum Gasteiger partial charge on any atom is 0.213 e. The number of aryl methyl sites for hydroxylation is 1. The van der Waals surface area contributed by atoms with Gasteiger partial charge in [-0.3, -0.25) is 4.98 Å². The van der Waals surface area contributed by atoms with Crippen LogP contribution >= 0.6 is 27.3 Å². The molecule has 122 valence electrons. The van der Waals surface area contributed by atoms with Crippen molar-refractivity contribution in [3.05, 3.63) is 59.6 Å². The number of fused-ring (bicyclic) bond motifs is 2. The Bertz CT molecular complexity index is 1190. The minimum atomic E-state index is 0.876. The van der Waals surface area contributed by atoms with Crippen molar-refractivity contribution >= 4 is 43.1 Å². The van der Waals surface area contributed by atoms with Crippen molar-refractivity contribution < 1.29 is 0 Å². The molecule has 5 nitrogen and oxygen atoms in total. The van der Waals surface area contributed by atoms with Crippen LogP contribution in [0, 0.1) is 0 Å². The van der Waals surface area contributed by atoms with E-state index in [0.29, 0.717) is 0 Å². The normalized spacial score (nSPS) is 11.6. The third-order valence-electron chi connectivity index (χ3n) is 4.18. The van der Waals surface area contributed by atoms with Gasteiger partial charge >= 0.3 is 0 Å². The van der Waals surface area contributed by atoms with E-state index in [1.807, 2.05) is 29.0 Å². The molecule has 5 aromatic rings. The molecule has 0 spiro atoms. The second kappa shape index (κ2) is 5.50. The molecule has 0 amide bonds. The van der Waals surface area contributed by atoms with Gasteiger partial charge in [0.05, 0.1) is 11.9 Å². The van der Waals surface area contributed by atoms with Gasteiger partial charge in [0.15, 0.2) is 0 Å². The van der Waals surface area contributed by atoms with E-state index < -0.39 is 0 Å². The summed E-state index contributed by atoms with van der Waals surface area (Å²) in [4.78, 5) is 9.72. The first-order valence-electron chi connectivity index (χ1n) is 7.70. The van der Waals surface area contributed by atoms with Crippen LogP contribution in [0.15, 0.2) is 59.6 Å². The second-order valence-corrected chi connectivity index (χ2v) is 7.69. The maximum absolute atomic E-state index is 4.75. The van der Waals surface area contributed by atoms with Crippen molar-refractivity contribution in [3.8, 4) is 21.8 Å². The smallest absolute Gasteiger partial charge is 0.213 e. The lowest BCUT2D eigenvalue weighted by Crippen LogP contribution is -1.83. The molecule has 0 radical (unpaired) electrons. The predicted molar refractivity (Wildman–Crippen MR) is 104 cm³/mol. The number of imidazole rings is 1. The van der Waals surface area contributed by atoms with Gasteiger partial charge in [-0.25, -0.2) is 9.50 Å². The molecule has 4 heterocycles. The first kappa shape index (κ1) is 14.8. The Hall–Kier alpha value is -2.51. The largest absolute Gasteiger partial charge is 0.350 e. The molecule has 4 aromatic heterocycles. The average Bonchev–Trinajstić information content (AvgIpc) is 3.27. The molecule has 5 rings (SSSR count). The van der Waals surface area contributed by atoms with Gasteiger partial charge in [-0.1, -0.05) is 27.3 Å². The molecule has 0 unspecified atom stereocenters. The van der Waals surface area contributed by atoms with Crippen LogP contribution in [0.5, 0.6) is 0 Å². The number of hydrogen-bond donors (Lipinski definition) is 0. The third kappa shape index (κ3) is 2.39. The molecule has 0 aliphatic carbocycles. The molecule has 0 aliphatic rings. The Labute approximate surface area is 155 Å². The first-order valence-corrected chi connectivity index (χ1v) is 9.31. The van der Waals surface area contributed by atoms with E-state index in [4.69, 9.17) is 10.1 Å². The topological polar surface area (TPSA) is 48.0 Å². The fourth-order valence-electron chi connectivity index (χ4n) is 3.00. The van der Waals surface area contributed by atoms with E-state index in [1.165, 1.54) is 10.9 Å². The average molecular weight is 410 g/mol. The molecule has 7 heteroatoms. The van der Waals surface area contributed by atoms with Gasteiger partial charge in [0.25, 0.3) is 0 Å². The van der Waals surface area contributed by atoms with Crippen LogP contribution in [-0.4, -0.2) is 24.1 Å². The van der Waals surface area contributed by atoms with E-state index >= 15 is 0 Å². The second-order valence-electron chi connectivity index (χ2n) is 5.82. The summed E-state index contributed by atoms with van der Waals surface area (Å²) in [5.74, 6) is 0. The maximum atomic E-state index is 4.75. The number of halogens is 1. The molecule has 25 heavy (non-hydrogen) atoms. The Morgan fingerprint density at radius 2 is 2.08 bits per heavy atom. The van der Waals surface area contributed by atoms with E-state index in [9.17, 15) is 0 Å². The summed E-state index contributed by atoms with van der Waals surface area (Å²) in [6.45, 7) is 0. The quantitative estimate of drug-likeness (QED) is 0.421. The van der Waals surface area contributed by atoms with Gasteiger partial charge in [-0.2, -0.15) is 5.10 Å². The molecule has 0 N–H and O–H groups in total. The van der Waals surface area contributed by atoms with Crippen molar-refractivity contribution in [2.24, 2.45) is 7.05 Å². The van der Waals surface area contributed by atoms with Crippen LogP contribution in [-0.2, 0) is 7.05 Å². The van der Waals surface area contributed by atoms with Crippen molar-refractivity contribution in [1.29, 1.82) is 0 Å². The Morgan fingerprint density at radius 1 is 1.16 bits per heavy atom. The third-order valence-corrected chi connectivity index (χ3v) is 5.63. The fourth-order valence-corrected chi connectivity index (χ4v) is 4.26. The van der Waals surface area contributed by atoms with Crippen molar-refractivity contribution in [2.45, 2.75) is 0 Å². The molecular formula is C18H12BrN5S. The Kier molecular flexibility index (Phi) is 3.26. The zero-order valence-corrected chi connectivity index (χ0v) is 15.6. The van der Waals surface area contributed by atoms with E-state index in [1.54, 1.807) is 17.5 Å². The minimum absolute atomic E-state index is 0.876. The number of pyridine rings is 1. The fraction of sp³-hybridized carbons (Fsp3) is 0.0556. The Morgan fingerprint density at radius 3 is 2.88 bits per heavy atom. The SMILES string of the molecule is Cn1cc(-c2nn3cc(-c4cccnc4)nc3s2)c2cc(Br)ccc21. The van der Waals surface area contributed by atoms with Crippen molar-refractivity contribution in [3.63, 3.8) is 0 Å². The van der Waals surface area contributed by atoms with Crippen LogP contribution in [0.3, 0.4) is 0 Å². The molecule has 0 aliphatic heterocycles. The molecule has 0 fully saturated rings. The standard InChI is InChI=1S/C18H12BrN5S/c1-23-9-14(13-7-12(19)4-5-16(13)23)17-22-24-10-15(21-18(24)25-17)11-3-2-6-20-8-11/h2-10H,1H3. The first-order chi connectivity index (χ1) is 12.2. The van der Waals surface area contributed by atoms with E-state index in [-0.39, 0.29) is 0 Å². The van der Waals surface area contributed by atoms with Crippen LogP contribution in [0.1, 0.15) is 0 Å². The number of hydrogen-bond acceptors (Lipinski definition) is 4. The van der Waals surface area contributed by atoms with Gasteiger partial charge in [0.1, 0.15) is 5.01 Å². The van der Waals surface area contributed by atoms with E-state index in [0.717, 1.165) is 31.3 Å². The molecule has 1 aromatic carbocycles. The highest BCUT2D eigenvalue weighted by molar-refractivity contribution is 9.10. The van der Waals surface area contributed by atoms with Gasteiger partial charge in [0.2, 0.25) is 4.96 Å². The number of rotatable bonds is 2. The van der Waals surface area contributed by atoms with Gasteiger partial charge in [-0.05, 0) is 30.3 Å². The van der Waals surface area contributed by atoms with Gasteiger partial charge in [-0.15, -0.1) is 0 Å². The van der Waals surface area contributed by atoms with Gasteiger partial charge < -0.3 is 4.57 Å². The number of aromatic nitrogens is 5. The highest BCUT2D eigenvalue weighted by atomic mass is 79.9. The monoisotopic (exact) mass is 409 g/mol. The van der Waals surface area contributed by atoms with Crippen LogP contribution < -0.4 is 0 Å². The van der Waals surface area contributed by atoms with Crippen molar-refractivity contribution in [1.82, 2.24) is 24.1 Å². The molecule has 0 bridgehead atoms. The molecule has 0 saturated heterocycles. The van der Waals surface area contributed by atoms with Gasteiger partial charge in [0, 0.05) is 52.1 Å². The summed E-state index contributed by atoms with van der Waals surface area (Å²) >= 11 is 5.15. The minimum Gasteiger partial charge on any atom is -0.350 e. The lowest BCUT2D eigenvalue weighted by Gasteiger charge is -1.96. The molecular weight excluding hydrogens is 398 g/mol. The predicted octanol–water partition coefficient (Wildman–Crippen LogP) is 4.77. The summed E-state index contributed by atoms with van der Waals surface area (Å²) in [7, 11) is 2.05. The van der Waals surface area contributed by atoms with Crippen LogP contribution in [0.25, 0.3) is 37.7 Å². The number of benzene rings is 1. The lowest BCUT2D eigenvalue weighted by atomic mass is 10.2. The highest BCUT2D eigenvalue weighted by Gasteiger charge is 2.15. The zero-order chi connectivity index (χ0) is 17.0. The van der Waals surface area contributed by atoms with E-state index in [2.05, 4.69) is 56.9 Å². The number of nitrogens with zero attached hydrogens (tertiary/aromatic N) is 5. The summed E-state index contributed by atoms with van der Waals surface area (Å²) in [6, 6.07) is 10.2.